The first-order chi connectivity index (χ1) is 12.4. The van der Waals surface area contributed by atoms with Gasteiger partial charge in [0.15, 0.2) is 0 Å². The predicted molar refractivity (Wildman–Crippen MR) is 98.4 cm³/mol. The first kappa shape index (κ1) is 18.2. The van der Waals surface area contributed by atoms with Crippen molar-refractivity contribution in [2.75, 3.05) is 12.4 Å². The standard InChI is InChI=1S/C19H18ClF2N3O/c1-11-14(9-12-7-8-13(26-3)10-17(12)22)19(25(2)24-11)23-18-15(20)5-4-6-16(18)21/h4-8,10,23H,9H2,1-3H3. The van der Waals surface area contributed by atoms with Crippen molar-refractivity contribution in [1.29, 1.82) is 0 Å². The number of halogens is 3. The number of nitrogens with one attached hydrogen (secondary N) is 1. The number of nitrogens with zero attached hydrogens (tertiary/aromatic N) is 2. The molecule has 0 aliphatic carbocycles. The maximum absolute atomic E-state index is 14.3. The van der Waals surface area contributed by atoms with Crippen molar-refractivity contribution in [1.82, 2.24) is 9.78 Å². The normalized spacial score (nSPS) is 10.8. The molecule has 26 heavy (non-hydrogen) atoms. The number of methoxy groups -OCH3 is 1. The van der Waals surface area contributed by atoms with Crippen LogP contribution < -0.4 is 10.1 Å². The Morgan fingerprint density at radius 2 is 1.96 bits per heavy atom. The number of anilines is 2. The molecule has 7 heteroatoms. The quantitative estimate of drug-likeness (QED) is 0.679. The van der Waals surface area contributed by atoms with Crippen LogP contribution in [0.1, 0.15) is 16.8 Å². The highest BCUT2D eigenvalue weighted by molar-refractivity contribution is 6.33. The third kappa shape index (κ3) is 3.51. The van der Waals surface area contributed by atoms with E-state index in [9.17, 15) is 8.78 Å². The lowest BCUT2D eigenvalue weighted by molar-refractivity contribution is 0.411. The number of rotatable bonds is 5. The van der Waals surface area contributed by atoms with Gasteiger partial charge in [0.05, 0.1) is 23.5 Å². The highest BCUT2D eigenvalue weighted by atomic mass is 35.5. The Bertz CT molecular complexity index is 936. The molecule has 0 amide bonds. The van der Waals surface area contributed by atoms with Gasteiger partial charge in [-0.1, -0.05) is 23.7 Å². The molecule has 3 aromatic rings. The van der Waals surface area contributed by atoms with Crippen molar-refractivity contribution in [3.8, 4) is 5.75 Å². The summed E-state index contributed by atoms with van der Waals surface area (Å²) < 4.78 is 35.1. The van der Waals surface area contributed by atoms with E-state index in [1.165, 1.54) is 25.3 Å². The molecule has 136 valence electrons. The van der Waals surface area contributed by atoms with Crippen LogP contribution in [0, 0.1) is 18.6 Å². The summed E-state index contributed by atoms with van der Waals surface area (Å²) in [6.07, 6.45) is 0.296. The van der Waals surface area contributed by atoms with Crippen LogP contribution in [-0.4, -0.2) is 16.9 Å². The minimum Gasteiger partial charge on any atom is -0.497 e. The molecule has 3 rings (SSSR count). The molecule has 0 saturated carbocycles. The molecule has 0 fully saturated rings. The molecular formula is C19H18ClF2N3O. The molecule has 0 atom stereocenters. The highest BCUT2D eigenvalue weighted by Gasteiger charge is 2.18. The number of aromatic nitrogens is 2. The summed E-state index contributed by atoms with van der Waals surface area (Å²) in [5.74, 6) is 0.163. The number of aryl methyl sites for hydroxylation is 2. The molecule has 0 unspecified atom stereocenters. The molecule has 1 aromatic heterocycles. The van der Waals surface area contributed by atoms with Crippen molar-refractivity contribution < 1.29 is 13.5 Å². The van der Waals surface area contributed by atoms with Crippen LogP contribution in [0.5, 0.6) is 5.75 Å². The number of benzene rings is 2. The number of ether oxygens (including phenoxy) is 1. The maximum Gasteiger partial charge on any atom is 0.148 e. The second kappa shape index (κ2) is 7.33. The summed E-state index contributed by atoms with van der Waals surface area (Å²) >= 11 is 6.10. The van der Waals surface area contributed by atoms with Crippen LogP contribution in [0.4, 0.5) is 20.3 Å². The van der Waals surface area contributed by atoms with E-state index in [4.69, 9.17) is 16.3 Å². The van der Waals surface area contributed by atoms with Gasteiger partial charge in [0, 0.05) is 25.1 Å². The van der Waals surface area contributed by atoms with Crippen molar-refractivity contribution >= 4 is 23.1 Å². The SMILES string of the molecule is COc1ccc(Cc2c(C)nn(C)c2Nc2c(F)cccc2Cl)c(F)c1. The van der Waals surface area contributed by atoms with Gasteiger partial charge in [0.1, 0.15) is 23.2 Å². The minimum atomic E-state index is -0.474. The average Bonchev–Trinajstić information content (AvgIpc) is 2.86. The molecule has 0 aliphatic rings. The lowest BCUT2D eigenvalue weighted by Gasteiger charge is -2.13. The number of hydrogen-bond acceptors (Lipinski definition) is 3. The van der Waals surface area contributed by atoms with E-state index in [0.717, 1.165) is 11.3 Å². The molecule has 0 spiro atoms. The van der Waals surface area contributed by atoms with E-state index in [0.29, 0.717) is 23.6 Å². The third-order valence-electron chi connectivity index (χ3n) is 4.18. The van der Waals surface area contributed by atoms with Gasteiger partial charge >= 0.3 is 0 Å². The lowest BCUT2D eigenvalue weighted by atomic mass is 10.0. The zero-order valence-electron chi connectivity index (χ0n) is 14.6. The Hall–Kier alpha value is -2.60. The topological polar surface area (TPSA) is 39.1 Å². The predicted octanol–water partition coefficient (Wildman–Crippen LogP) is 5.00. The van der Waals surface area contributed by atoms with Gasteiger partial charge in [-0.2, -0.15) is 5.10 Å². The van der Waals surface area contributed by atoms with Crippen molar-refractivity contribution in [2.24, 2.45) is 7.05 Å². The summed E-state index contributed by atoms with van der Waals surface area (Å²) in [5, 5.41) is 7.63. The van der Waals surface area contributed by atoms with Crippen LogP contribution in [-0.2, 0) is 13.5 Å². The highest BCUT2D eigenvalue weighted by Crippen LogP contribution is 2.32. The van der Waals surface area contributed by atoms with Gasteiger partial charge in [-0.25, -0.2) is 8.78 Å². The smallest absolute Gasteiger partial charge is 0.148 e. The fourth-order valence-corrected chi connectivity index (χ4v) is 3.00. The Morgan fingerprint density at radius 1 is 1.19 bits per heavy atom. The number of hydrogen-bond donors (Lipinski definition) is 1. The van der Waals surface area contributed by atoms with Crippen LogP contribution in [0.25, 0.3) is 0 Å². The zero-order valence-corrected chi connectivity index (χ0v) is 15.4. The summed E-state index contributed by atoms with van der Waals surface area (Å²) in [4.78, 5) is 0. The van der Waals surface area contributed by atoms with Crippen LogP contribution >= 0.6 is 11.6 Å². The summed E-state index contributed by atoms with van der Waals surface area (Å²) in [5.41, 5.74) is 2.13. The third-order valence-corrected chi connectivity index (χ3v) is 4.49. The van der Waals surface area contributed by atoms with E-state index in [-0.39, 0.29) is 16.5 Å². The summed E-state index contributed by atoms with van der Waals surface area (Å²) in [6, 6.07) is 9.15. The Labute approximate surface area is 155 Å². The Morgan fingerprint density at radius 3 is 2.62 bits per heavy atom. The average molecular weight is 378 g/mol. The van der Waals surface area contributed by atoms with Crippen molar-refractivity contribution in [3.05, 3.63) is 69.9 Å². The van der Waals surface area contributed by atoms with Crippen LogP contribution in [0.3, 0.4) is 0 Å². The Balaban J connectivity index is 1.99. The Kier molecular flexibility index (Phi) is 5.13. The van der Waals surface area contributed by atoms with Crippen LogP contribution in [0.15, 0.2) is 36.4 Å². The minimum absolute atomic E-state index is 0.161. The lowest BCUT2D eigenvalue weighted by Crippen LogP contribution is -2.04. The van der Waals surface area contributed by atoms with Crippen molar-refractivity contribution in [3.63, 3.8) is 0 Å². The molecule has 2 aromatic carbocycles. The molecule has 0 aliphatic heterocycles. The monoisotopic (exact) mass is 377 g/mol. The molecule has 0 radical (unpaired) electrons. The molecule has 4 nitrogen and oxygen atoms in total. The van der Waals surface area contributed by atoms with Crippen molar-refractivity contribution in [2.45, 2.75) is 13.3 Å². The number of para-hydroxylation sites is 1. The van der Waals surface area contributed by atoms with Gasteiger partial charge < -0.3 is 10.1 Å². The van der Waals surface area contributed by atoms with Gasteiger partial charge in [0.2, 0.25) is 0 Å². The van der Waals surface area contributed by atoms with E-state index < -0.39 is 5.82 Å². The maximum atomic E-state index is 14.3. The molecule has 0 saturated heterocycles. The zero-order chi connectivity index (χ0) is 18.8. The van der Waals surface area contributed by atoms with E-state index in [1.807, 2.05) is 6.92 Å². The first-order valence-corrected chi connectivity index (χ1v) is 8.34. The van der Waals surface area contributed by atoms with E-state index >= 15 is 0 Å². The largest absolute Gasteiger partial charge is 0.497 e. The van der Waals surface area contributed by atoms with E-state index in [2.05, 4.69) is 10.4 Å². The second-order valence-corrected chi connectivity index (χ2v) is 6.30. The summed E-state index contributed by atoms with van der Waals surface area (Å²) in [6.45, 7) is 1.82. The molecule has 1 N–H and O–H groups in total. The molecule has 1 heterocycles. The molecular weight excluding hydrogens is 360 g/mol. The fourth-order valence-electron chi connectivity index (χ4n) is 2.79. The van der Waals surface area contributed by atoms with Gasteiger partial charge in [-0.3, -0.25) is 4.68 Å². The first-order valence-electron chi connectivity index (χ1n) is 7.96. The van der Waals surface area contributed by atoms with Gasteiger partial charge in [-0.15, -0.1) is 0 Å². The van der Waals surface area contributed by atoms with E-state index in [1.54, 1.807) is 29.9 Å². The summed E-state index contributed by atoms with van der Waals surface area (Å²) in [7, 11) is 3.22. The fraction of sp³-hybridized carbons (Fsp3) is 0.211. The second-order valence-electron chi connectivity index (χ2n) is 5.89. The van der Waals surface area contributed by atoms with Gasteiger partial charge in [-0.05, 0) is 30.7 Å². The van der Waals surface area contributed by atoms with Crippen LogP contribution in [0.2, 0.25) is 5.02 Å². The molecule has 0 bridgehead atoms. The van der Waals surface area contributed by atoms with Gasteiger partial charge in [0.25, 0.3) is 0 Å².